The Balaban J connectivity index is 1.63. The van der Waals surface area contributed by atoms with Crippen LogP contribution in [0.1, 0.15) is 49.7 Å². The van der Waals surface area contributed by atoms with Gasteiger partial charge in [-0.3, -0.25) is 9.80 Å². The van der Waals surface area contributed by atoms with Crippen LogP contribution < -0.4 is 4.74 Å². The van der Waals surface area contributed by atoms with Crippen molar-refractivity contribution in [2.75, 3.05) is 33.4 Å². The third-order valence-corrected chi connectivity index (χ3v) is 6.03. The van der Waals surface area contributed by atoms with Crippen LogP contribution in [0.15, 0.2) is 18.2 Å². The standard InChI is InChI=1S/C21H34N2O2/c1-17-14-18(8-9-21(17)25-2)15-22-11-12-23(16-20(22)10-13-24)19-6-4-3-5-7-19/h8-9,14,19-20,24H,3-7,10-13,15-16H2,1-2H3/t20-/m1/s1. The van der Waals surface area contributed by atoms with Crippen molar-refractivity contribution in [2.45, 2.75) is 64.1 Å². The molecule has 2 fully saturated rings. The summed E-state index contributed by atoms with van der Waals surface area (Å²) < 4.78 is 5.38. The smallest absolute Gasteiger partial charge is 0.121 e. The minimum atomic E-state index is 0.279. The van der Waals surface area contributed by atoms with Gasteiger partial charge in [0.1, 0.15) is 5.75 Å². The van der Waals surface area contributed by atoms with Gasteiger partial charge in [0.2, 0.25) is 0 Å². The van der Waals surface area contributed by atoms with Crippen LogP contribution in [0.2, 0.25) is 0 Å². The molecule has 1 saturated carbocycles. The summed E-state index contributed by atoms with van der Waals surface area (Å²) in [5.41, 5.74) is 2.53. The maximum atomic E-state index is 9.55. The highest BCUT2D eigenvalue weighted by atomic mass is 16.5. The van der Waals surface area contributed by atoms with E-state index in [4.69, 9.17) is 4.74 Å². The average Bonchev–Trinajstić information content (AvgIpc) is 2.64. The first-order chi connectivity index (χ1) is 12.2. The van der Waals surface area contributed by atoms with Gasteiger partial charge in [-0.15, -0.1) is 0 Å². The SMILES string of the molecule is COc1ccc(CN2CCN(C3CCCCC3)C[C@H]2CCO)cc1C. The molecule has 1 atom stereocenters. The molecule has 1 aliphatic heterocycles. The molecular weight excluding hydrogens is 312 g/mol. The van der Waals surface area contributed by atoms with Gasteiger partial charge in [0.25, 0.3) is 0 Å². The van der Waals surface area contributed by atoms with Gasteiger partial charge in [-0.1, -0.05) is 31.4 Å². The molecule has 0 radical (unpaired) electrons. The number of nitrogens with zero attached hydrogens (tertiary/aromatic N) is 2. The first-order valence-electron chi connectivity index (χ1n) is 9.93. The Kier molecular flexibility index (Phi) is 6.74. The van der Waals surface area contributed by atoms with Gasteiger partial charge in [-0.25, -0.2) is 0 Å². The summed E-state index contributed by atoms with van der Waals surface area (Å²) in [6.07, 6.45) is 7.79. The van der Waals surface area contributed by atoms with Crippen LogP contribution in [0, 0.1) is 6.92 Å². The number of methoxy groups -OCH3 is 1. The molecule has 3 rings (SSSR count). The summed E-state index contributed by atoms with van der Waals surface area (Å²) in [6, 6.07) is 7.73. The highest BCUT2D eigenvalue weighted by molar-refractivity contribution is 5.36. The molecule has 1 aliphatic carbocycles. The number of hydrogen-bond acceptors (Lipinski definition) is 4. The lowest BCUT2D eigenvalue weighted by Crippen LogP contribution is -2.56. The Labute approximate surface area is 152 Å². The molecule has 140 valence electrons. The average molecular weight is 347 g/mol. The Morgan fingerprint density at radius 3 is 2.64 bits per heavy atom. The number of aryl methyl sites for hydroxylation is 1. The second-order valence-electron chi connectivity index (χ2n) is 7.73. The molecule has 1 saturated heterocycles. The van der Waals surface area contributed by atoms with E-state index in [1.54, 1.807) is 7.11 Å². The molecule has 4 nitrogen and oxygen atoms in total. The number of aliphatic hydroxyl groups excluding tert-OH is 1. The fourth-order valence-corrected chi connectivity index (χ4v) is 4.60. The van der Waals surface area contributed by atoms with Crippen molar-refractivity contribution in [1.29, 1.82) is 0 Å². The van der Waals surface area contributed by atoms with Gasteiger partial charge >= 0.3 is 0 Å². The molecule has 1 N–H and O–H groups in total. The minimum Gasteiger partial charge on any atom is -0.496 e. The number of ether oxygens (including phenoxy) is 1. The molecule has 0 spiro atoms. The van der Waals surface area contributed by atoms with E-state index in [1.165, 1.54) is 49.8 Å². The highest BCUT2D eigenvalue weighted by Crippen LogP contribution is 2.27. The molecule has 25 heavy (non-hydrogen) atoms. The van der Waals surface area contributed by atoms with Gasteiger partial charge in [0.05, 0.1) is 7.11 Å². The topological polar surface area (TPSA) is 35.9 Å². The fraction of sp³-hybridized carbons (Fsp3) is 0.714. The summed E-state index contributed by atoms with van der Waals surface area (Å²) in [5, 5.41) is 9.55. The largest absolute Gasteiger partial charge is 0.496 e. The zero-order valence-electron chi connectivity index (χ0n) is 15.9. The summed E-state index contributed by atoms with van der Waals surface area (Å²) in [4.78, 5) is 5.27. The summed E-state index contributed by atoms with van der Waals surface area (Å²) in [6.45, 7) is 6.73. The molecule has 0 unspecified atom stereocenters. The second-order valence-corrected chi connectivity index (χ2v) is 7.73. The summed E-state index contributed by atoms with van der Waals surface area (Å²) >= 11 is 0. The van der Waals surface area contributed by atoms with Crippen LogP contribution in [0.3, 0.4) is 0 Å². The number of hydrogen-bond donors (Lipinski definition) is 1. The monoisotopic (exact) mass is 346 g/mol. The van der Waals surface area contributed by atoms with Crippen LogP contribution >= 0.6 is 0 Å². The van der Waals surface area contributed by atoms with Crippen molar-refractivity contribution in [2.24, 2.45) is 0 Å². The van der Waals surface area contributed by atoms with Crippen molar-refractivity contribution in [1.82, 2.24) is 9.80 Å². The van der Waals surface area contributed by atoms with Gasteiger partial charge in [-0.2, -0.15) is 0 Å². The maximum absolute atomic E-state index is 9.55. The van der Waals surface area contributed by atoms with E-state index in [9.17, 15) is 5.11 Å². The predicted molar refractivity (Wildman–Crippen MR) is 102 cm³/mol. The quantitative estimate of drug-likeness (QED) is 0.858. The van der Waals surface area contributed by atoms with E-state index in [0.29, 0.717) is 6.04 Å². The van der Waals surface area contributed by atoms with E-state index in [2.05, 4.69) is 34.9 Å². The van der Waals surface area contributed by atoms with E-state index < -0.39 is 0 Å². The molecule has 0 amide bonds. The summed E-state index contributed by atoms with van der Waals surface area (Å²) in [7, 11) is 1.73. The van der Waals surface area contributed by atoms with Crippen molar-refractivity contribution in [3.05, 3.63) is 29.3 Å². The molecule has 0 aromatic heterocycles. The lowest BCUT2D eigenvalue weighted by molar-refractivity contribution is 0.0222. The Hall–Kier alpha value is -1.10. The van der Waals surface area contributed by atoms with Gasteiger partial charge in [-0.05, 0) is 43.4 Å². The number of rotatable bonds is 6. The molecule has 1 aromatic carbocycles. The van der Waals surface area contributed by atoms with Crippen molar-refractivity contribution < 1.29 is 9.84 Å². The van der Waals surface area contributed by atoms with Gasteiger partial charge in [0, 0.05) is 44.9 Å². The highest BCUT2D eigenvalue weighted by Gasteiger charge is 2.31. The minimum absolute atomic E-state index is 0.279. The zero-order chi connectivity index (χ0) is 17.6. The predicted octanol–water partition coefficient (Wildman–Crippen LogP) is 3.20. The number of aliphatic hydroxyl groups is 1. The summed E-state index contributed by atoms with van der Waals surface area (Å²) in [5.74, 6) is 0.956. The van der Waals surface area contributed by atoms with Crippen LogP contribution in [0.4, 0.5) is 0 Å². The van der Waals surface area contributed by atoms with E-state index in [0.717, 1.165) is 37.8 Å². The van der Waals surface area contributed by atoms with Crippen molar-refractivity contribution in [3.8, 4) is 5.75 Å². The molecule has 2 aliphatic rings. The molecule has 1 heterocycles. The van der Waals surface area contributed by atoms with Gasteiger partial charge < -0.3 is 9.84 Å². The lowest BCUT2D eigenvalue weighted by atomic mass is 9.92. The molecule has 0 bridgehead atoms. The third-order valence-electron chi connectivity index (χ3n) is 6.03. The van der Waals surface area contributed by atoms with E-state index in [1.807, 2.05) is 0 Å². The van der Waals surface area contributed by atoms with Crippen molar-refractivity contribution >= 4 is 0 Å². The fourth-order valence-electron chi connectivity index (χ4n) is 4.60. The van der Waals surface area contributed by atoms with Crippen LogP contribution in [0.5, 0.6) is 5.75 Å². The first kappa shape index (κ1) is 18.7. The lowest BCUT2D eigenvalue weighted by Gasteiger charge is -2.45. The normalized spacial score (nSPS) is 23.7. The second kappa shape index (κ2) is 9.02. The molecule has 4 heteroatoms. The van der Waals surface area contributed by atoms with E-state index in [-0.39, 0.29) is 6.61 Å². The Morgan fingerprint density at radius 2 is 1.96 bits per heavy atom. The van der Waals surface area contributed by atoms with Gasteiger partial charge in [0.15, 0.2) is 0 Å². The van der Waals surface area contributed by atoms with E-state index >= 15 is 0 Å². The van der Waals surface area contributed by atoms with Crippen LogP contribution in [0.25, 0.3) is 0 Å². The van der Waals surface area contributed by atoms with Crippen LogP contribution in [-0.2, 0) is 6.54 Å². The molecule has 1 aromatic rings. The number of piperazine rings is 1. The first-order valence-corrected chi connectivity index (χ1v) is 9.93. The Bertz CT molecular complexity index is 543. The number of benzene rings is 1. The Morgan fingerprint density at radius 1 is 1.16 bits per heavy atom. The third kappa shape index (κ3) is 4.75. The molecular formula is C21H34N2O2. The van der Waals surface area contributed by atoms with Crippen molar-refractivity contribution in [3.63, 3.8) is 0 Å². The van der Waals surface area contributed by atoms with Crippen LogP contribution in [-0.4, -0.2) is 60.3 Å². The zero-order valence-corrected chi connectivity index (χ0v) is 15.9. The maximum Gasteiger partial charge on any atom is 0.121 e.